The van der Waals surface area contributed by atoms with Crippen molar-refractivity contribution in [3.63, 3.8) is 0 Å². The first-order chi connectivity index (χ1) is 6.18. The predicted molar refractivity (Wildman–Crippen MR) is 58.4 cm³/mol. The van der Waals surface area contributed by atoms with Gasteiger partial charge in [-0.2, -0.15) is 0 Å². The van der Waals surface area contributed by atoms with Gasteiger partial charge in [0.05, 0.1) is 0 Å². The van der Waals surface area contributed by atoms with E-state index in [1.54, 1.807) is 0 Å². The summed E-state index contributed by atoms with van der Waals surface area (Å²) in [6.07, 6.45) is 0. The molecule has 0 aliphatic rings. The Bertz CT molecular complexity index is 458. The molecule has 0 aliphatic heterocycles. The first kappa shape index (κ1) is 8.58. The monoisotopic (exact) mass is 190 g/mol. The van der Waals surface area contributed by atoms with Crippen molar-refractivity contribution in [3.8, 4) is 0 Å². The van der Waals surface area contributed by atoms with Gasteiger partial charge < -0.3 is 0 Å². The second kappa shape index (κ2) is 3.04. The molecule has 0 spiro atoms. The minimum atomic E-state index is 0.846. The van der Waals surface area contributed by atoms with Crippen LogP contribution in [-0.4, -0.2) is 0 Å². The Labute approximate surface area is 83.1 Å². The van der Waals surface area contributed by atoms with Crippen molar-refractivity contribution in [1.82, 2.24) is 0 Å². The molecular formula is C12H11Cl. The van der Waals surface area contributed by atoms with Crippen LogP contribution in [0.3, 0.4) is 0 Å². The van der Waals surface area contributed by atoms with Crippen molar-refractivity contribution in [2.45, 2.75) is 13.8 Å². The average molecular weight is 191 g/mol. The largest absolute Gasteiger partial charge is 0.0837 e. The molecule has 2 aromatic carbocycles. The molecule has 0 aliphatic carbocycles. The molecule has 0 N–H and O–H groups in total. The lowest BCUT2D eigenvalue weighted by molar-refractivity contribution is 1.47. The van der Waals surface area contributed by atoms with E-state index in [4.69, 9.17) is 11.6 Å². The number of benzene rings is 2. The number of fused-ring (bicyclic) bond motifs is 1. The Morgan fingerprint density at radius 2 is 1.77 bits per heavy atom. The number of rotatable bonds is 0. The summed E-state index contributed by atoms with van der Waals surface area (Å²) in [5.74, 6) is 0. The quantitative estimate of drug-likeness (QED) is 0.587. The van der Waals surface area contributed by atoms with Crippen molar-refractivity contribution >= 4 is 22.4 Å². The number of aryl methyl sites for hydroxylation is 2. The zero-order valence-electron chi connectivity index (χ0n) is 7.76. The molecule has 0 heterocycles. The van der Waals surface area contributed by atoms with E-state index >= 15 is 0 Å². The number of halogens is 1. The molecule has 2 aromatic rings. The van der Waals surface area contributed by atoms with Crippen LogP contribution in [0.4, 0.5) is 0 Å². The maximum absolute atomic E-state index is 6.13. The normalized spacial score (nSPS) is 10.7. The SMILES string of the molecule is Cc1cc(Cl)c2cccc(C)c2c1. The summed E-state index contributed by atoms with van der Waals surface area (Å²) >= 11 is 6.13. The standard InChI is InChI=1S/C12H11Cl/c1-8-6-11-9(2)4-3-5-10(11)12(13)7-8/h3-7H,1-2H3. The van der Waals surface area contributed by atoms with E-state index in [2.05, 4.69) is 32.0 Å². The first-order valence-electron chi connectivity index (χ1n) is 4.34. The van der Waals surface area contributed by atoms with Crippen molar-refractivity contribution in [3.05, 3.63) is 46.5 Å². The molecule has 0 amide bonds. The van der Waals surface area contributed by atoms with Crippen LogP contribution in [0.1, 0.15) is 11.1 Å². The summed E-state index contributed by atoms with van der Waals surface area (Å²) < 4.78 is 0. The van der Waals surface area contributed by atoms with Crippen LogP contribution in [0.2, 0.25) is 5.02 Å². The van der Waals surface area contributed by atoms with Gasteiger partial charge in [-0.1, -0.05) is 35.9 Å². The van der Waals surface area contributed by atoms with Crippen LogP contribution >= 0.6 is 11.6 Å². The Morgan fingerprint density at radius 1 is 1.00 bits per heavy atom. The fraction of sp³-hybridized carbons (Fsp3) is 0.167. The van der Waals surface area contributed by atoms with Crippen LogP contribution in [0, 0.1) is 13.8 Å². The third kappa shape index (κ3) is 1.42. The number of hydrogen-bond acceptors (Lipinski definition) is 0. The minimum Gasteiger partial charge on any atom is -0.0837 e. The van der Waals surface area contributed by atoms with E-state index in [0.717, 1.165) is 10.4 Å². The topological polar surface area (TPSA) is 0 Å². The predicted octanol–water partition coefficient (Wildman–Crippen LogP) is 4.11. The van der Waals surface area contributed by atoms with E-state index < -0.39 is 0 Å². The highest BCUT2D eigenvalue weighted by Crippen LogP contribution is 2.27. The lowest BCUT2D eigenvalue weighted by Gasteiger charge is -2.04. The van der Waals surface area contributed by atoms with E-state index in [-0.39, 0.29) is 0 Å². The second-order valence-electron chi connectivity index (χ2n) is 3.42. The molecule has 2 rings (SSSR count). The van der Waals surface area contributed by atoms with Gasteiger partial charge in [-0.15, -0.1) is 0 Å². The van der Waals surface area contributed by atoms with Gasteiger partial charge in [-0.05, 0) is 36.4 Å². The molecule has 1 heteroatoms. The lowest BCUT2D eigenvalue weighted by atomic mass is 10.0. The molecule has 66 valence electrons. The Balaban J connectivity index is 2.94. The average Bonchev–Trinajstić information content (AvgIpc) is 2.07. The minimum absolute atomic E-state index is 0.846. The highest BCUT2D eigenvalue weighted by molar-refractivity contribution is 6.35. The summed E-state index contributed by atoms with van der Waals surface area (Å²) in [6, 6.07) is 10.4. The molecule has 0 radical (unpaired) electrons. The first-order valence-corrected chi connectivity index (χ1v) is 4.72. The van der Waals surface area contributed by atoms with Gasteiger partial charge >= 0.3 is 0 Å². The maximum Gasteiger partial charge on any atom is 0.0487 e. The molecule has 0 saturated heterocycles. The van der Waals surface area contributed by atoms with Crippen molar-refractivity contribution < 1.29 is 0 Å². The van der Waals surface area contributed by atoms with Crippen molar-refractivity contribution in [1.29, 1.82) is 0 Å². The molecule has 0 unspecified atom stereocenters. The third-order valence-electron chi connectivity index (χ3n) is 2.31. The summed E-state index contributed by atoms with van der Waals surface area (Å²) in [6.45, 7) is 4.18. The molecular weight excluding hydrogens is 180 g/mol. The number of hydrogen-bond donors (Lipinski definition) is 0. The summed E-state index contributed by atoms with van der Waals surface area (Å²) in [4.78, 5) is 0. The van der Waals surface area contributed by atoms with Gasteiger partial charge in [-0.25, -0.2) is 0 Å². The molecule has 0 saturated carbocycles. The van der Waals surface area contributed by atoms with Crippen LogP contribution < -0.4 is 0 Å². The Morgan fingerprint density at radius 3 is 2.54 bits per heavy atom. The summed E-state index contributed by atoms with van der Waals surface area (Å²) in [7, 11) is 0. The van der Waals surface area contributed by atoms with Gasteiger partial charge in [0, 0.05) is 10.4 Å². The van der Waals surface area contributed by atoms with Crippen LogP contribution in [0.25, 0.3) is 10.8 Å². The lowest BCUT2D eigenvalue weighted by Crippen LogP contribution is -1.81. The van der Waals surface area contributed by atoms with Crippen LogP contribution in [0.15, 0.2) is 30.3 Å². The maximum atomic E-state index is 6.13. The molecule has 0 aromatic heterocycles. The molecule has 0 atom stereocenters. The fourth-order valence-electron chi connectivity index (χ4n) is 1.63. The molecule has 0 nitrogen and oxygen atoms in total. The van der Waals surface area contributed by atoms with Crippen molar-refractivity contribution in [2.24, 2.45) is 0 Å². The summed E-state index contributed by atoms with van der Waals surface area (Å²) in [5.41, 5.74) is 2.50. The highest BCUT2D eigenvalue weighted by atomic mass is 35.5. The fourth-order valence-corrected chi connectivity index (χ4v) is 1.96. The van der Waals surface area contributed by atoms with E-state index in [1.165, 1.54) is 16.5 Å². The Hall–Kier alpha value is -1.01. The van der Waals surface area contributed by atoms with Gasteiger partial charge in [0.2, 0.25) is 0 Å². The van der Waals surface area contributed by atoms with E-state index in [9.17, 15) is 0 Å². The van der Waals surface area contributed by atoms with Gasteiger partial charge in [-0.3, -0.25) is 0 Å². The van der Waals surface area contributed by atoms with Gasteiger partial charge in [0.1, 0.15) is 0 Å². The Kier molecular flexibility index (Phi) is 2.01. The summed E-state index contributed by atoms with van der Waals surface area (Å²) in [5, 5.41) is 3.25. The van der Waals surface area contributed by atoms with Crippen LogP contribution in [-0.2, 0) is 0 Å². The van der Waals surface area contributed by atoms with E-state index in [0.29, 0.717) is 0 Å². The molecule has 0 bridgehead atoms. The highest BCUT2D eigenvalue weighted by Gasteiger charge is 2.01. The smallest absolute Gasteiger partial charge is 0.0487 e. The molecule has 0 fully saturated rings. The zero-order valence-corrected chi connectivity index (χ0v) is 8.52. The van der Waals surface area contributed by atoms with Crippen molar-refractivity contribution in [2.75, 3.05) is 0 Å². The van der Waals surface area contributed by atoms with E-state index in [1.807, 2.05) is 12.1 Å². The zero-order chi connectivity index (χ0) is 9.42. The molecule has 13 heavy (non-hydrogen) atoms. The van der Waals surface area contributed by atoms with Gasteiger partial charge in [0.25, 0.3) is 0 Å². The third-order valence-corrected chi connectivity index (χ3v) is 2.62. The second-order valence-corrected chi connectivity index (χ2v) is 3.82. The van der Waals surface area contributed by atoms with Crippen LogP contribution in [0.5, 0.6) is 0 Å². The van der Waals surface area contributed by atoms with Gasteiger partial charge in [0.15, 0.2) is 0 Å².